The number of fused-ring (bicyclic) bond motifs is 1. The third-order valence-corrected chi connectivity index (χ3v) is 6.27. The molecule has 3 heterocycles. The van der Waals surface area contributed by atoms with Crippen molar-refractivity contribution in [1.82, 2.24) is 25.5 Å². The van der Waals surface area contributed by atoms with Gasteiger partial charge in [-0.05, 0) is 51.4 Å². The van der Waals surface area contributed by atoms with Crippen LogP contribution in [0.3, 0.4) is 0 Å². The molecule has 2 aromatic rings. The molecule has 3 N–H and O–H groups in total. The summed E-state index contributed by atoms with van der Waals surface area (Å²) in [6.07, 6.45) is 4.50. The van der Waals surface area contributed by atoms with Crippen molar-refractivity contribution in [3.8, 4) is 0 Å². The Morgan fingerprint density at radius 1 is 1.35 bits per heavy atom. The first kappa shape index (κ1) is 23.2. The van der Waals surface area contributed by atoms with Crippen LogP contribution < -0.4 is 10.6 Å². The minimum atomic E-state index is -0.781. The van der Waals surface area contributed by atoms with Gasteiger partial charge in [-0.2, -0.15) is 0 Å². The smallest absolute Gasteiger partial charge is 0.248 e. The van der Waals surface area contributed by atoms with E-state index in [1.54, 1.807) is 34.2 Å². The molecule has 2 aromatic heterocycles. The molecule has 0 spiro atoms. The summed E-state index contributed by atoms with van der Waals surface area (Å²) in [6.45, 7) is 4.10. The number of amides is 2. The molecular formula is C22H33N5O4. The van der Waals surface area contributed by atoms with E-state index < -0.39 is 18.2 Å². The summed E-state index contributed by atoms with van der Waals surface area (Å²) >= 11 is 0. The number of carbonyl (C=O) groups is 2. The maximum atomic E-state index is 13.6. The molecule has 2 amide bonds. The molecule has 3 rings (SSSR count). The van der Waals surface area contributed by atoms with Crippen molar-refractivity contribution in [2.24, 2.45) is 0 Å². The monoisotopic (exact) mass is 431 g/mol. The van der Waals surface area contributed by atoms with Crippen molar-refractivity contribution in [2.45, 2.75) is 57.0 Å². The van der Waals surface area contributed by atoms with Crippen LogP contribution in [-0.2, 0) is 25.5 Å². The third-order valence-electron chi connectivity index (χ3n) is 6.27. The summed E-state index contributed by atoms with van der Waals surface area (Å²) in [5.41, 5.74) is 1.90. The van der Waals surface area contributed by atoms with Crippen molar-refractivity contribution in [1.29, 1.82) is 0 Å². The number of hydrogen-bond donors (Lipinski definition) is 3. The van der Waals surface area contributed by atoms with Crippen LogP contribution >= 0.6 is 0 Å². The van der Waals surface area contributed by atoms with Crippen LogP contribution in [0.15, 0.2) is 24.5 Å². The standard InChI is InChI=1S/C22H33N5O4/c1-13(23-3)21(28)26-19(14(2)30-4)22(29)27-10-8-18(31-5)17(27)11-15-12-25-20-16(15)7-6-9-24-20/h6-7,9,12-14,17-19,23H,8,10-11H2,1-5H3,(H,24,25)(H,26,28)/t13-,14?,17-,18?,19-/m0/s1. The van der Waals surface area contributed by atoms with Gasteiger partial charge in [0.05, 0.1) is 24.3 Å². The van der Waals surface area contributed by atoms with Crippen LogP contribution in [0.4, 0.5) is 0 Å². The lowest BCUT2D eigenvalue weighted by atomic mass is 10.0. The van der Waals surface area contributed by atoms with Crippen molar-refractivity contribution in [2.75, 3.05) is 27.8 Å². The van der Waals surface area contributed by atoms with E-state index in [0.29, 0.717) is 13.0 Å². The number of aromatic amines is 1. The van der Waals surface area contributed by atoms with E-state index >= 15 is 0 Å². The highest BCUT2D eigenvalue weighted by molar-refractivity contribution is 5.90. The number of H-pyrrole nitrogens is 1. The summed E-state index contributed by atoms with van der Waals surface area (Å²) in [6, 6.07) is 2.57. The van der Waals surface area contributed by atoms with Gasteiger partial charge in [-0.25, -0.2) is 4.98 Å². The number of hydrogen-bond acceptors (Lipinski definition) is 6. The Bertz CT molecular complexity index is 901. The third kappa shape index (κ3) is 4.89. The second-order valence-electron chi connectivity index (χ2n) is 8.02. The number of aromatic nitrogens is 2. The van der Waals surface area contributed by atoms with Crippen LogP contribution in [0.1, 0.15) is 25.8 Å². The van der Waals surface area contributed by atoms with Crippen LogP contribution in [0.25, 0.3) is 11.0 Å². The first-order chi connectivity index (χ1) is 14.9. The number of carbonyl (C=O) groups excluding carboxylic acids is 2. The molecule has 0 bridgehead atoms. The van der Waals surface area contributed by atoms with E-state index in [2.05, 4.69) is 20.6 Å². The number of pyridine rings is 1. The summed E-state index contributed by atoms with van der Waals surface area (Å²) in [5, 5.41) is 6.80. The molecule has 9 heteroatoms. The molecule has 0 aliphatic carbocycles. The predicted octanol–water partition coefficient (Wildman–Crippen LogP) is 0.849. The minimum Gasteiger partial charge on any atom is -0.379 e. The Hall–Kier alpha value is -2.49. The maximum absolute atomic E-state index is 13.6. The van der Waals surface area contributed by atoms with E-state index in [1.165, 1.54) is 7.11 Å². The molecule has 170 valence electrons. The Balaban J connectivity index is 1.84. The molecular weight excluding hydrogens is 398 g/mol. The SMILES string of the molecule is CN[C@@H](C)C(=O)N[C@H](C(=O)N1CCC(OC)[C@@H]1Cc1c[nH]c2ncccc12)C(C)OC. The average Bonchev–Trinajstić information content (AvgIpc) is 3.40. The zero-order valence-electron chi connectivity index (χ0n) is 18.8. The molecule has 1 fully saturated rings. The zero-order chi connectivity index (χ0) is 22.5. The zero-order valence-corrected chi connectivity index (χ0v) is 18.8. The lowest BCUT2D eigenvalue weighted by molar-refractivity contribution is -0.142. The second-order valence-corrected chi connectivity index (χ2v) is 8.02. The number of rotatable bonds is 9. The number of methoxy groups -OCH3 is 2. The van der Waals surface area contributed by atoms with Crippen molar-refractivity contribution in [3.63, 3.8) is 0 Å². The molecule has 0 aromatic carbocycles. The van der Waals surface area contributed by atoms with Crippen LogP contribution in [0.2, 0.25) is 0 Å². The van der Waals surface area contributed by atoms with Crippen molar-refractivity contribution in [3.05, 3.63) is 30.1 Å². The van der Waals surface area contributed by atoms with Gasteiger partial charge < -0.3 is 30.0 Å². The topological polar surface area (TPSA) is 109 Å². The van der Waals surface area contributed by atoms with Crippen LogP contribution in [-0.4, -0.2) is 84.8 Å². The van der Waals surface area contributed by atoms with E-state index in [9.17, 15) is 9.59 Å². The lowest BCUT2D eigenvalue weighted by Crippen LogP contribution is -2.58. The number of ether oxygens (including phenoxy) is 2. The van der Waals surface area contributed by atoms with Crippen molar-refractivity contribution >= 4 is 22.8 Å². The molecule has 9 nitrogen and oxygen atoms in total. The lowest BCUT2D eigenvalue weighted by Gasteiger charge is -2.33. The maximum Gasteiger partial charge on any atom is 0.248 e. The van der Waals surface area contributed by atoms with E-state index in [-0.39, 0.29) is 24.0 Å². The van der Waals surface area contributed by atoms with Gasteiger partial charge in [0.25, 0.3) is 0 Å². The number of nitrogens with one attached hydrogen (secondary N) is 3. The highest BCUT2D eigenvalue weighted by Crippen LogP contribution is 2.28. The number of likely N-dealkylation sites (N-methyl/N-ethyl adjacent to an activating group) is 1. The predicted molar refractivity (Wildman–Crippen MR) is 118 cm³/mol. The second kappa shape index (κ2) is 10.2. The van der Waals surface area contributed by atoms with E-state index in [0.717, 1.165) is 23.0 Å². The summed E-state index contributed by atoms with van der Waals surface area (Å²) < 4.78 is 11.2. The molecule has 1 aliphatic rings. The van der Waals surface area contributed by atoms with E-state index in [1.807, 2.05) is 23.2 Å². The first-order valence-corrected chi connectivity index (χ1v) is 10.7. The molecule has 0 radical (unpaired) electrons. The van der Waals surface area contributed by atoms with Gasteiger partial charge in [-0.15, -0.1) is 0 Å². The van der Waals surface area contributed by atoms with Crippen LogP contribution in [0, 0.1) is 0 Å². The fraction of sp³-hybridized carbons (Fsp3) is 0.591. The summed E-state index contributed by atoms with van der Waals surface area (Å²) in [4.78, 5) is 35.5. The summed E-state index contributed by atoms with van der Waals surface area (Å²) in [5.74, 6) is -0.403. The Kier molecular flexibility index (Phi) is 7.64. The van der Waals surface area contributed by atoms with Gasteiger partial charge in [-0.1, -0.05) is 0 Å². The van der Waals surface area contributed by atoms with Gasteiger partial charge in [0.1, 0.15) is 11.7 Å². The van der Waals surface area contributed by atoms with Gasteiger partial charge in [-0.3, -0.25) is 9.59 Å². The first-order valence-electron chi connectivity index (χ1n) is 10.7. The molecule has 1 saturated heterocycles. The van der Waals surface area contributed by atoms with Crippen molar-refractivity contribution < 1.29 is 19.1 Å². The molecule has 2 unspecified atom stereocenters. The fourth-order valence-corrected chi connectivity index (χ4v) is 4.13. The van der Waals surface area contributed by atoms with Gasteiger partial charge >= 0.3 is 0 Å². The average molecular weight is 432 g/mol. The number of nitrogens with zero attached hydrogens (tertiary/aromatic N) is 2. The molecule has 0 saturated carbocycles. The highest BCUT2D eigenvalue weighted by Gasteiger charge is 2.42. The normalized spacial score (nSPS) is 21.8. The Labute approximate surface area is 182 Å². The molecule has 1 aliphatic heterocycles. The van der Waals surface area contributed by atoms with Gasteiger partial charge in [0.2, 0.25) is 11.8 Å². The Morgan fingerprint density at radius 2 is 2.13 bits per heavy atom. The fourth-order valence-electron chi connectivity index (χ4n) is 4.13. The van der Waals surface area contributed by atoms with Gasteiger partial charge in [0, 0.05) is 38.5 Å². The molecule has 5 atom stereocenters. The largest absolute Gasteiger partial charge is 0.379 e. The highest BCUT2D eigenvalue weighted by atomic mass is 16.5. The quantitative estimate of drug-likeness (QED) is 0.543. The Morgan fingerprint density at radius 3 is 2.81 bits per heavy atom. The number of likely N-dealkylation sites (tertiary alicyclic amines) is 1. The van der Waals surface area contributed by atoms with Gasteiger partial charge in [0.15, 0.2) is 0 Å². The minimum absolute atomic E-state index is 0.0870. The molecule has 31 heavy (non-hydrogen) atoms. The summed E-state index contributed by atoms with van der Waals surface area (Å²) in [7, 11) is 4.92. The van der Waals surface area contributed by atoms with Crippen LogP contribution in [0.5, 0.6) is 0 Å². The van der Waals surface area contributed by atoms with E-state index in [4.69, 9.17) is 9.47 Å².